The van der Waals surface area contributed by atoms with E-state index in [1.165, 1.54) is 0 Å². The lowest BCUT2D eigenvalue weighted by atomic mass is 10.1. The summed E-state index contributed by atoms with van der Waals surface area (Å²) in [7, 11) is 1.65. The van der Waals surface area contributed by atoms with E-state index >= 15 is 0 Å². The fraction of sp³-hybridized carbons (Fsp3) is 0.214. The number of benzene rings is 1. The van der Waals surface area contributed by atoms with Crippen LogP contribution in [0.3, 0.4) is 0 Å². The van der Waals surface area contributed by atoms with E-state index in [1.807, 2.05) is 36.4 Å². The zero-order chi connectivity index (χ0) is 14.3. The van der Waals surface area contributed by atoms with Gasteiger partial charge in [0.15, 0.2) is 11.5 Å². The molecule has 1 aromatic carbocycles. The van der Waals surface area contributed by atoms with Crippen molar-refractivity contribution >= 4 is 17.2 Å². The van der Waals surface area contributed by atoms with Gasteiger partial charge in [0.05, 0.1) is 7.11 Å². The van der Waals surface area contributed by atoms with Crippen LogP contribution >= 0.6 is 11.6 Å². The van der Waals surface area contributed by atoms with Crippen LogP contribution in [-0.4, -0.2) is 26.7 Å². The molecule has 0 amide bonds. The predicted molar refractivity (Wildman–Crippen MR) is 77.3 cm³/mol. The number of hydrogen-bond donors (Lipinski definition) is 0. The smallest absolute Gasteiger partial charge is 0.169 e. The number of ether oxygens (including phenoxy) is 1. The summed E-state index contributed by atoms with van der Waals surface area (Å²) in [5.41, 5.74) is 2.67. The van der Waals surface area contributed by atoms with Crippen LogP contribution in [0.2, 0.25) is 5.15 Å². The zero-order valence-corrected chi connectivity index (χ0v) is 12.1. The second-order valence-corrected chi connectivity index (χ2v) is 4.91. The quantitative estimate of drug-likeness (QED) is 0.680. The largest absolute Gasteiger partial charge is 0.496 e. The van der Waals surface area contributed by atoms with Crippen LogP contribution in [0.1, 0.15) is 11.4 Å². The van der Waals surface area contributed by atoms with E-state index in [-0.39, 0.29) is 0 Å². The van der Waals surface area contributed by atoms with Gasteiger partial charge in [-0.2, -0.15) is 0 Å². The molecule has 2 heterocycles. The molecule has 0 unspecified atom stereocenters. The van der Waals surface area contributed by atoms with Crippen molar-refractivity contribution in [1.82, 2.24) is 19.6 Å². The van der Waals surface area contributed by atoms with Crippen molar-refractivity contribution in [3.05, 3.63) is 40.8 Å². The summed E-state index contributed by atoms with van der Waals surface area (Å²) in [6, 6.07) is 7.62. The molecule has 0 aliphatic rings. The van der Waals surface area contributed by atoms with Crippen molar-refractivity contribution in [1.29, 1.82) is 0 Å². The van der Waals surface area contributed by atoms with Gasteiger partial charge in [-0.1, -0.05) is 23.7 Å². The van der Waals surface area contributed by atoms with Gasteiger partial charge in [-0.25, -0.2) is 4.98 Å². The van der Waals surface area contributed by atoms with E-state index in [1.54, 1.807) is 13.2 Å². The maximum atomic E-state index is 5.94. The standard InChI is InChI=1S/C14H13ClN4O/c1-8-4-5-10(6-11(8)20-3)14-18-17-13-7-12(15)16-9(2)19(13)14/h4-7H,1-3H3. The van der Waals surface area contributed by atoms with E-state index in [9.17, 15) is 0 Å². The Kier molecular flexibility index (Phi) is 3.06. The summed E-state index contributed by atoms with van der Waals surface area (Å²) in [6.45, 7) is 3.87. The van der Waals surface area contributed by atoms with E-state index in [4.69, 9.17) is 16.3 Å². The van der Waals surface area contributed by atoms with Gasteiger partial charge >= 0.3 is 0 Å². The van der Waals surface area contributed by atoms with Crippen LogP contribution in [0.25, 0.3) is 17.0 Å². The molecular weight excluding hydrogens is 276 g/mol. The summed E-state index contributed by atoms with van der Waals surface area (Å²) in [6.07, 6.45) is 0. The molecule has 3 rings (SSSR count). The first-order chi connectivity index (χ1) is 9.60. The van der Waals surface area contributed by atoms with Crippen LogP contribution in [0.4, 0.5) is 0 Å². The number of methoxy groups -OCH3 is 1. The van der Waals surface area contributed by atoms with E-state index in [0.29, 0.717) is 10.8 Å². The minimum absolute atomic E-state index is 0.412. The highest BCUT2D eigenvalue weighted by Crippen LogP contribution is 2.26. The van der Waals surface area contributed by atoms with Gasteiger partial charge < -0.3 is 4.74 Å². The maximum Gasteiger partial charge on any atom is 0.169 e. The van der Waals surface area contributed by atoms with Gasteiger partial charge in [0.25, 0.3) is 0 Å². The van der Waals surface area contributed by atoms with Gasteiger partial charge in [-0.05, 0) is 25.5 Å². The number of nitrogens with zero attached hydrogens (tertiary/aromatic N) is 4. The first-order valence-electron chi connectivity index (χ1n) is 6.13. The van der Waals surface area contributed by atoms with E-state index in [2.05, 4.69) is 15.2 Å². The van der Waals surface area contributed by atoms with E-state index < -0.39 is 0 Å². The summed E-state index contributed by atoms with van der Waals surface area (Å²) >= 11 is 5.94. The Balaban J connectivity index is 2.25. The maximum absolute atomic E-state index is 5.94. The summed E-state index contributed by atoms with van der Waals surface area (Å²) in [4.78, 5) is 4.24. The second-order valence-electron chi connectivity index (χ2n) is 4.53. The zero-order valence-electron chi connectivity index (χ0n) is 11.4. The minimum Gasteiger partial charge on any atom is -0.496 e. The van der Waals surface area contributed by atoms with Crippen molar-refractivity contribution < 1.29 is 4.74 Å². The fourth-order valence-electron chi connectivity index (χ4n) is 2.20. The molecule has 0 saturated carbocycles. The van der Waals surface area contributed by atoms with Crippen LogP contribution in [0.5, 0.6) is 5.75 Å². The predicted octanol–water partition coefficient (Wildman–Crippen LogP) is 3.07. The first kappa shape index (κ1) is 12.9. The highest BCUT2D eigenvalue weighted by atomic mass is 35.5. The highest BCUT2D eigenvalue weighted by molar-refractivity contribution is 6.29. The fourth-order valence-corrected chi connectivity index (χ4v) is 2.42. The van der Waals surface area contributed by atoms with Crippen molar-refractivity contribution in [3.63, 3.8) is 0 Å². The molecule has 0 aliphatic carbocycles. The molecule has 0 saturated heterocycles. The monoisotopic (exact) mass is 288 g/mol. The minimum atomic E-state index is 0.412. The molecule has 2 aromatic heterocycles. The van der Waals surface area contributed by atoms with Crippen LogP contribution in [0, 0.1) is 13.8 Å². The van der Waals surface area contributed by atoms with E-state index in [0.717, 1.165) is 28.5 Å². The van der Waals surface area contributed by atoms with Gasteiger partial charge in [0, 0.05) is 11.6 Å². The summed E-state index contributed by atoms with van der Waals surface area (Å²) in [5, 5.41) is 8.79. The van der Waals surface area contributed by atoms with Gasteiger partial charge in [-0.15, -0.1) is 10.2 Å². The van der Waals surface area contributed by atoms with Crippen molar-refractivity contribution in [2.45, 2.75) is 13.8 Å². The molecular formula is C14H13ClN4O. The lowest BCUT2D eigenvalue weighted by Crippen LogP contribution is -1.98. The normalized spacial score (nSPS) is 11.0. The van der Waals surface area contributed by atoms with Gasteiger partial charge in [0.1, 0.15) is 16.7 Å². The molecule has 20 heavy (non-hydrogen) atoms. The SMILES string of the molecule is COc1cc(-c2nnc3cc(Cl)nc(C)n23)ccc1C. The number of aromatic nitrogens is 4. The lowest BCUT2D eigenvalue weighted by molar-refractivity contribution is 0.412. The molecule has 5 nitrogen and oxygen atoms in total. The molecule has 0 radical (unpaired) electrons. The number of halogens is 1. The lowest BCUT2D eigenvalue weighted by Gasteiger charge is -2.07. The van der Waals surface area contributed by atoms with Crippen molar-refractivity contribution in [2.24, 2.45) is 0 Å². The van der Waals surface area contributed by atoms with Crippen LogP contribution in [-0.2, 0) is 0 Å². The molecule has 0 spiro atoms. The Hall–Kier alpha value is -2.14. The third-order valence-corrected chi connectivity index (χ3v) is 3.39. The Bertz CT molecular complexity index is 797. The Labute approximate surface area is 121 Å². The van der Waals surface area contributed by atoms with Crippen LogP contribution < -0.4 is 4.74 Å². The Morgan fingerprint density at radius 2 is 1.95 bits per heavy atom. The molecule has 0 bridgehead atoms. The van der Waals surface area contributed by atoms with Crippen molar-refractivity contribution in [2.75, 3.05) is 7.11 Å². The molecule has 0 atom stereocenters. The molecule has 3 aromatic rings. The number of hydrogen-bond acceptors (Lipinski definition) is 4. The molecule has 0 aliphatic heterocycles. The third kappa shape index (κ3) is 2.00. The molecule has 0 fully saturated rings. The van der Waals surface area contributed by atoms with Gasteiger partial charge in [-0.3, -0.25) is 4.40 Å². The summed E-state index contributed by atoms with van der Waals surface area (Å²) in [5.74, 6) is 2.28. The average molecular weight is 289 g/mol. The molecule has 102 valence electrons. The number of fused-ring (bicyclic) bond motifs is 1. The second kappa shape index (κ2) is 4.76. The van der Waals surface area contributed by atoms with Gasteiger partial charge in [0.2, 0.25) is 0 Å². The number of aryl methyl sites for hydroxylation is 2. The topological polar surface area (TPSA) is 52.3 Å². The van der Waals surface area contributed by atoms with Crippen LogP contribution in [0.15, 0.2) is 24.3 Å². The average Bonchev–Trinajstić information content (AvgIpc) is 2.83. The molecule has 6 heteroatoms. The number of rotatable bonds is 2. The first-order valence-corrected chi connectivity index (χ1v) is 6.51. The summed E-state index contributed by atoms with van der Waals surface area (Å²) < 4.78 is 7.22. The van der Waals surface area contributed by atoms with Crippen molar-refractivity contribution in [3.8, 4) is 17.1 Å². The molecule has 0 N–H and O–H groups in total. The Morgan fingerprint density at radius 3 is 2.70 bits per heavy atom. The highest BCUT2D eigenvalue weighted by Gasteiger charge is 2.13. The third-order valence-electron chi connectivity index (χ3n) is 3.19. The Morgan fingerprint density at radius 1 is 1.15 bits per heavy atom.